The Morgan fingerprint density at radius 2 is 0.394 bits per heavy atom. The SMILES string of the molecule is CC/C=C\C/C=C\C/C=C\C/C=C\C/C=C\C/C=C\CCCCCCCCCCCCCCCCCCC(=O)OCC(O)COP(=O)(O)OCC(O)COP(=O)(O)OCC(COC(=O)CCCCCCCCCCCCCCCCCC/C=C\C/C=C\C/C=C\C/C=C\C/C=C\C/C=C\CC)OC(=O)CCCC/C=C\C/C=C\C/C=C\C/C=C\C/C=C\C/C=C\CC. The van der Waals surface area contributed by atoms with Gasteiger partial charge in [-0.15, -0.1) is 0 Å². The number of carbonyl (C=O) groups excluding carboxylic acids is 3. The average Bonchev–Trinajstić information content (AvgIpc) is 0.893. The number of phosphoric ester groups is 2. The Labute approximate surface area is 774 Å². The fraction of sp³-hybridized carbons (Fsp3) is 0.642. The second kappa shape index (κ2) is 98.9. The molecule has 0 saturated heterocycles. The summed E-state index contributed by atoms with van der Waals surface area (Å²) in [6.45, 7) is 2.32. The molecule has 0 bridgehead atoms. The molecular weight excluding hydrogens is 1630 g/mol. The van der Waals surface area contributed by atoms with Gasteiger partial charge in [0.2, 0.25) is 0 Å². The van der Waals surface area contributed by atoms with Gasteiger partial charge in [-0.1, -0.05) is 419 Å². The molecule has 0 heterocycles. The first-order valence-corrected chi connectivity index (χ1v) is 53.0. The fourth-order valence-corrected chi connectivity index (χ4v) is 14.8. The number of carbonyl (C=O) groups is 3. The van der Waals surface area contributed by atoms with Crippen LogP contribution in [0.25, 0.3) is 0 Å². The van der Waals surface area contributed by atoms with Crippen LogP contribution in [0.3, 0.4) is 0 Å². The van der Waals surface area contributed by atoms with E-state index in [0.717, 1.165) is 167 Å². The third-order valence-electron chi connectivity index (χ3n) is 20.7. The van der Waals surface area contributed by atoms with Crippen molar-refractivity contribution in [3.8, 4) is 0 Å². The van der Waals surface area contributed by atoms with Gasteiger partial charge in [-0.2, -0.15) is 0 Å². The first-order valence-electron chi connectivity index (χ1n) is 50.0. The molecule has 0 aromatic carbocycles. The Hall–Kier alpha value is -6.13. The van der Waals surface area contributed by atoms with Crippen molar-refractivity contribution in [3.05, 3.63) is 219 Å². The van der Waals surface area contributed by atoms with Crippen LogP contribution < -0.4 is 0 Å². The lowest BCUT2D eigenvalue weighted by Crippen LogP contribution is -2.30. The maximum Gasteiger partial charge on any atom is 0.472 e. The number of hydrogen-bond donors (Lipinski definition) is 4. The number of aliphatic hydroxyl groups excluding tert-OH is 2. The topological polar surface area (TPSA) is 231 Å². The first kappa shape index (κ1) is 121. The maximum absolute atomic E-state index is 13.1. The highest BCUT2D eigenvalue weighted by Gasteiger charge is 2.30. The molecule has 0 aliphatic heterocycles. The Balaban J connectivity index is 4.56. The number of rotatable bonds is 93. The minimum atomic E-state index is -4.96. The Bertz CT molecular complexity index is 3190. The van der Waals surface area contributed by atoms with Crippen molar-refractivity contribution in [2.24, 2.45) is 0 Å². The number of esters is 3. The Morgan fingerprint density at radius 1 is 0.220 bits per heavy atom. The molecule has 0 aliphatic rings. The molecule has 0 radical (unpaired) electrons. The van der Waals surface area contributed by atoms with Crippen LogP contribution in [0.1, 0.15) is 393 Å². The molecule has 0 aromatic heterocycles. The van der Waals surface area contributed by atoms with Crippen LogP contribution in [-0.4, -0.2) is 95.9 Å². The van der Waals surface area contributed by atoms with Crippen molar-refractivity contribution >= 4 is 33.6 Å². The smallest absolute Gasteiger partial charge is 0.463 e. The predicted molar refractivity (Wildman–Crippen MR) is 537 cm³/mol. The zero-order valence-electron chi connectivity index (χ0n) is 79.9. The predicted octanol–water partition coefficient (Wildman–Crippen LogP) is 31.7. The van der Waals surface area contributed by atoms with Gasteiger partial charge in [-0.25, -0.2) is 9.13 Å². The van der Waals surface area contributed by atoms with Gasteiger partial charge in [0.05, 0.1) is 26.4 Å². The van der Waals surface area contributed by atoms with E-state index in [-0.39, 0.29) is 19.3 Å². The lowest BCUT2D eigenvalue weighted by Gasteiger charge is -2.21. The number of allylic oxidation sites excluding steroid dienone is 36. The molecule has 722 valence electrons. The molecule has 0 saturated carbocycles. The zero-order chi connectivity index (χ0) is 92.1. The van der Waals surface area contributed by atoms with Gasteiger partial charge in [-0.05, 0) is 173 Å². The van der Waals surface area contributed by atoms with E-state index in [1.165, 1.54) is 161 Å². The van der Waals surface area contributed by atoms with E-state index >= 15 is 0 Å². The number of aliphatic hydroxyl groups is 2. The number of phosphoric acid groups is 2. The summed E-state index contributed by atoms with van der Waals surface area (Å²) in [5.74, 6) is -1.62. The van der Waals surface area contributed by atoms with Crippen molar-refractivity contribution in [3.63, 3.8) is 0 Å². The van der Waals surface area contributed by atoms with Crippen LogP contribution in [0, 0.1) is 0 Å². The van der Waals surface area contributed by atoms with E-state index in [1.807, 2.05) is 0 Å². The van der Waals surface area contributed by atoms with Gasteiger partial charge in [0.1, 0.15) is 25.4 Å². The average molecular weight is 1810 g/mol. The summed E-state index contributed by atoms with van der Waals surface area (Å²) in [4.78, 5) is 59.1. The third kappa shape index (κ3) is 100. The van der Waals surface area contributed by atoms with Crippen LogP contribution in [0.5, 0.6) is 0 Å². The monoisotopic (exact) mass is 1810 g/mol. The minimum Gasteiger partial charge on any atom is -0.463 e. The number of hydrogen-bond acceptors (Lipinski definition) is 14. The highest BCUT2D eigenvalue weighted by Crippen LogP contribution is 2.45. The lowest BCUT2D eigenvalue weighted by atomic mass is 10.0. The van der Waals surface area contributed by atoms with Crippen LogP contribution in [0.2, 0.25) is 0 Å². The molecule has 0 spiro atoms. The van der Waals surface area contributed by atoms with Crippen LogP contribution in [0.15, 0.2) is 219 Å². The minimum absolute atomic E-state index is 0.0440. The second-order valence-corrected chi connectivity index (χ2v) is 35.7. The van der Waals surface area contributed by atoms with Gasteiger partial charge >= 0.3 is 33.6 Å². The normalized spacial score (nSPS) is 14.6. The standard InChI is InChI=1S/C109H180O16P2/c1-4-7-10-13-16-19-22-25-28-31-34-37-39-41-43-45-47-49-51-53-55-57-59-61-63-66-68-71-74-77-80-83-86-89-92-95-107(112)119-98-104(110)99-121-126(115,116)122-100-105(111)101-123-127(117,118)124-103-106(125-109(114)97-94-91-88-85-82-79-76-73-70-65-36-33-30-27-24-21-18-15-12-9-6-3)102-120-108(113)96-93-90-87-84-81-78-75-72-69-67-64-62-60-58-56-54-52-50-48-46-44-42-40-38-35-32-29-26-23-20-17-14-11-8-5-2/h7-12,16-21,25-30,34-38,41-44,47-50,65,73,76,82,85,104-106,110-111H,4-6,13-15,22-24,31-33,39-40,45-46,51-64,66-72,74-75,77-81,83-84,86-103H2,1-3H3,(H,115,116)(H,117,118)/b10-7-,11-8-,12-9-,19-16-,20-17-,21-18-,28-25-,29-26-,30-27-,37-34-,38-35-,43-41-,44-42-,49-47-,50-48-,65-36-,76-73-,85-82-. The van der Waals surface area contributed by atoms with Crippen LogP contribution in [-0.2, 0) is 55.8 Å². The summed E-state index contributed by atoms with van der Waals surface area (Å²) in [6.07, 6.45) is 136. The van der Waals surface area contributed by atoms with E-state index in [4.69, 9.17) is 32.3 Å². The molecule has 18 heteroatoms. The summed E-state index contributed by atoms with van der Waals surface area (Å²) in [5.41, 5.74) is 0. The molecule has 0 aromatic rings. The zero-order valence-corrected chi connectivity index (χ0v) is 81.6. The van der Waals surface area contributed by atoms with Gasteiger partial charge in [0.15, 0.2) is 6.10 Å². The Morgan fingerprint density at radius 3 is 0.638 bits per heavy atom. The van der Waals surface area contributed by atoms with Crippen molar-refractivity contribution in [1.29, 1.82) is 0 Å². The highest BCUT2D eigenvalue weighted by atomic mass is 31.2. The summed E-state index contributed by atoms with van der Waals surface area (Å²) in [6, 6.07) is 0. The second-order valence-electron chi connectivity index (χ2n) is 32.8. The lowest BCUT2D eigenvalue weighted by molar-refractivity contribution is -0.161. The molecule has 0 rings (SSSR count). The summed E-state index contributed by atoms with van der Waals surface area (Å²) in [5, 5.41) is 20.8. The highest BCUT2D eigenvalue weighted by molar-refractivity contribution is 7.47. The number of ether oxygens (including phenoxy) is 3. The maximum atomic E-state index is 13.1. The van der Waals surface area contributed by atoms with E-state index in [2.05, 4.69) is 240 Å². The number of unbranched alkanes of at least 4 members (excludes halogenated alkanes) is 34. The molecule has 4 N–H and O–H groups in total. The summed E-state index contributed by atoms with van der Waals surface area (Å²) in [7, 11) is -9.84. The van der Waals surface area contributed by atoms with E-state index in [0.29, 0.717) is 25.7 Å². The Kier molecular flexibility index (Phi) is 94.1. The fourth-order valence-electron chi connectivity index (χ4n) is 13.2. The van der Waals surface area contributed by atoms with Gasteiger partial charge in [0, 0.05) is 19.3 Å². The van der Waals surface area contributed by atoms with Crippen LogP contribution >= 0.6 is 15.6 Å². The first-order chi connectivity index (χ1) is 62.2. The van der Waals surface area contributed by atoms with E-state index < -0.39 is 91.5 Å². The van der Waals surface area contributed by atoms with Crippen molar-refractivity contribution in [2.45, 2.75) is 411 Å². The van der Waals surface area contributed by atoms with Crippen molar-refractivity contribution < 1.29 is 75.8 Å². The van der Waals surface area contributed by atoms with Gasteiger partial charge < -0.3 is 34.2 Å². The van der Waals surface area contributed by atoms with Crippen LogP contribution in [0.4, 0.5) is 0 Å². The summed E-state index contributed by atoms with van der Waals surface area (Å²) >= 11 is 0. The molecule has 0 fully saturated rings. The van der Waals surface area contributed by atoms with Crippen molar-refractivity contribution in [2.75, 3.05) is 39.6 Å². The molecule has 0 aliphatic carbocycles. The molecule has 5 atom stereocenters. The third-order valence-corrected chi connectivity index (χ3v) is 22.6. The molecule has 0 amide bonds. The molecule has 127 heavy (non-hydrogen) atoms. The van der Waals surface area contributed by atoms with E-state index in [1.54, 1.807) is 0 Å². The largest absolute Gasteiger partial charge is 0.472 e. The van der Waals surface area contributed by atoms with E-state index in [9.17, 15) is 43.5 Å². The molecule has 5 unspecified atom stereocenters. The summed E-state index contributed by atoms with van der Waals surface area (Å²) < 4.78 is 61.5. The molecule has 16 nitrogen and oxygen atoms in total. The molecular formula is C109H180O16P2. The van der Waals surface area contributed by atoms with Gasteiger partial charge in [-0.3, -0.25) is 32.5 Å². The quantitative estimate of drug-likeness (QED) is 0.0146. The van der Waals surface area contributed by atoms with Gasteiger partial charge in [0.25, 0.3) is 0 Å². The van der Waals surface area contributed by atoms with Crippen molar-refractivity contribution in [1.82, 2.24) is 0 Å².